The number of benzene rings is 2. The highest BCUT2D eigenvalue weighted by Crippen LogP contribution is 2.38. The fourth-order valence-electron chi connectivity index (χ4n) is 3.20. The third kappa shape index (κ3) is 7.13. The van der Waals surface area contributed by atoms with Crippen LogP contribution in [0.15, 0.2) is 41.3 Å². The molecule has 3 rings (SSSR count). The molecule has 0 aliphatic carbocycles. The molecule has 176 valence electrons. The van der Waals surface area contributed by atoms with Crippen molar-refractivity contribution in [2.45, 2.75) is 39.5 Å². The topological polar surface area (TPSA) is 56.8 Å². The number of carbonyl (C=O) groups is 1. The van der Waals surface area contributed by atoms with Crippen molar-refractivity contribution in [3.63, 3.8) is 0 Å². The summed E-state index contributed by atoms with van der Waals surface area (Å²) < 4.78 is 17.9. The second-order valence-electron chi connectivity index (χ2n) is 7.54. The van der Waals surface area contributed by atoms with E-state index in [4.69, 9.17) is 38.0 Å². The first kappa shape index (κ1) is 25.4. The first-order chi connectivity index (χ1) is 15.9. The molecule has 0 spiro atoms. The number of hydrogen-bond donors (Lipinski definition) is 1. The Morgan fingerprint density at radius 1 is 1.12 bits per heavy atom. The fourth-order valence-corrected chi connectivity index (χ4v) is 4.52. The van der Waals surface area contributed by atoms with Gasteiger partial charge in [-0.1, -0.05) is 61.6 Å². The van der Waals surface area contributed by atoms with Gasteiger partial charge in [0.1, 0.15) is 10.1 Å². The Labute approximate surface area is 209 Å². The molecular formula is C25H28ClNO4S2. The molecule has 0 bridgehead atoms. The number of carbonyl (C=O) groups excluding carboxylic acids is 1. The lowest BCUT2D eigenvalue weighted by molar-refractivity contribution is -0.115. The molecule has 1 N–H and O–H groups in total. The third-order valence-electron chi connectivity index (χ3n) is 5.14. The lowest BCUT2D eigenvalue weighted by Crippen LogP contribution is -2.17. The quantitative estimate of drug-likeness (QED) is 0.211. The first-order valence-electron chi connectivity index (χ1n) is 11.0. The Morgan fingerprint density at radius 2 is 1.85 bits per heavy atom. The molecule has 0 aromatic heterocycles. The number of thioether (sulfide) groups is 1. The van der Waals surface area contributed by atoms with Crippen molar-refractivity contribution in [3.8, 4) is 17.2 Å². The minimum atomic E-state index is -0.214. The van der Waals surface area contributed by atoms with E-state index in [1.54, 1.807) is 12.1 Å². The van der Waals surface area contributed by atoms with Gasteiger partial charge in [0.15, 0.2) is 11.5 Å². The molecule has 1 aliphatic rings. The minimum absolute atomic E-state index is 0.214. The SMILES string of the molecule is CCOc1cc(/C=C2/SC(=S)NC2=O)cc(Cl)c1OCCCOc1ccc([C@H](C)CC)cc1. The molecule has 1 fully saturated rings. The van der Waals surface area contributed by atoms with E-state index in [0.717, 1.165) is 17.7 Å². The van der Waals surface area contributed by atoms with Crippen molar-refractivity contribution in [2.75, 3.05) is 19.8 Å². The minimum Gasteiger partial charge on any atom is -0.493 e. The normalized spacial score (nSPS) is 15.5. The standard InChI is InChI=1S/C25H28ClNO4S2/c1-4-16(3)18-7-9-19(10-8-18)30-11-6-12-31-23-20(26)13-17(14-21(23)29-5-2)15-22-24(28)27-25(32)33-22/h7-10,13-16H,4-6,11-12H2,1-3H3,(H,27,28,32)/b22-15+/t16-/m1/s1. The first-order valence-corrected chi connectivity index (χ1v) is 12.6. The summed E-state index contributed by atoms with van der Waals surface area (Å²) in [5.41, 5.74) is 2.06. The van der Waals surface area contributed by atoms with Crippen LogP contribution in [0.4, 0.5) is 0 Å². The third-order valence-corrected chi connectivity index (χ3v) is 6.58. The maximum Gasteiger partial charge on any atom is 0.263 e. The number of thiocarbonyl (C=S) groups is 1. The molecule has 1 heterocycles. The predicted molar refractivity (Wildman–Crippen MR) is 140 cm³/mol. The zero-order chi connectivity index (χ0) is 23.8. The van der Waals surface area contributed by atoms with E-state index in [0.29, 0.717) is 57.9 Å². The van der Waals surface area contributed by atoms with Gasteiger partial charge in [-0.25, -0.2) is 0 Å². The Bertz CT molecular complexity index is 1020. The van der Waals surface area contributed by atoms with Crippen LogP contribution in [-0.2, 0) is 4.79 Å². The van der Waals surface area contributed by atoms with Crippen LogP contribution < -0.4 is 19.5 Å². The van der Waals surface area contributed by atoms with Gasteiger partial charge in [0.2, 0.25) is 0 Å². The Balaban J connectivity index is 1.57. The van der Waals surface area contributed by atoms with Crippen molar-refractivity contribution < 1.29 is 19.0 Å². The molecule has 1 aliphatic heterocycles. The second-order valence-corrected chi connectivity index (χ2v) is 9.67. The largest absolute Gasteiger partial charge is 0.493 e. The van der Waals surface area contributed by atoms with Gasteiger partial charge < -0.3 is 19.5 Å². The van der Waals surface area contributed by atoms with E-state index in [1.165, 1.54) is 17.3 Å². The van der Waals surface area contributed by atoms with Crippen molar-refractivity contribution in [1.29, 1.82) is 0 Å². The maximum atomic E-state index is 11.9. The van der Waals surface area contributed by atoms with Crippen LogP contribution in [0.25, 0.3) is 6.08 Å². The second kappa shape index (κ2) is 12.3. The summed E-state index contributed by atoms with van der Waals surface area (Å²) in [5, 5.41) is 3.02. The molecule has 5 nitrogen and oxygen atoms in total. The number of hydrogen-bond acceptors (Lipinski definition) is 6. The Kier molecular flexibility index (Phi) is 9.47. The molecule has 1 saturated heterocycles. The van der Waals surface area contributed by atoms with Crippen LogP contribution >= 0.6 is 35.6 Å². The van der Waals surface area contributed by atoms with Gasteiger partial charge in [-0.15, -0.1) is 0 Å². The smallest absolute Gasteiger partial charge is 0.263 e. The molecule has 8 heteroatoms. The summed E-state index contributed by atoms with van der Waals surface area (Å²) in [5.74, 6) is 2.20. The van der Waals surface area contributed by atoms with Gasteiger partial charge >= 0.3 is 0 Å². The number of rotatable bonds is 11. The average molecular weight is 506 g/mol. The zero-order valence-electron chi connectivity index (χ0n) is 19.0. The molecule has 1 amide bonds. The van der Waals surface area contributed by atoms with Crippen LogP contribution in [0.3, 0.4) is 0 Å². The molecule has 1 atom stereocenters. The Morgan fingerprint density at radius 3 is 2.48 bits per heavy atom. The average Bonchev–Trinajstić information content (AvgIpc) is 3.11. The predicted octanol–water partition coefficient (Wildman–Crippen LogP) is 6.59. The zero-order valence-corrected chi connectivity index (χ0v) is 21.4. The van der Waals surface area contributed by atoms with Gasteiger partial charge in [0, 0.05) is 6.42 Å². The summed E-state index contributed by atoms with van der Waals surface area (Å²) in [6, 6.07) is 11.8. The number of halogens is 1. The van der Waals surface area contributed by atoms with Crippen LogP contribution in [0.5, 0.6) is 17.2 Å². The van der Waals surface area contributed by atoms with Gasteiger partial charge in [-0.3, -0.25) is 4.79 Å². The number of nitrogens with one attached hydrogen (secondary N) is 1. The van der Waals surface area contributed by atoms with Crippen molar-refractivity contribution in [3.05, 3.63) is 57.5 Å². The molecule has 2 aromatic rings. The summed E-state index contributed by atoms with van der Waals surface area (Å²) in [6.07, 6.45) is 3.54. The van der Waals surface area contributed by atoms with E-state index in [2.05, 4.69) is 31.3 Å². The van der Waals surface area contributed by atoms with Gasteiger partial charge in [0.05, 0.1) is 29.7 Å². The number of ether oxygens (including phenoxy) is 3. The molecule has 0 saturated carbocycles. The highest BCUT2D eigenvalue weighted by molar-refractivity contribution is 8.26. The molecule has 0 unspecified atom stereocenters. The van der Waals surface area contributed by atoms with E-state index in [1.807, 2.05) is 25.1 Å². The van der Waals surface area contributed by atoms with Crippen molar-refractivity contribution >= 4 is 51.9 Å². The highest BCUT2D eigenvalue weighted by Gasteiger charge is 2.22. The van der Waals surface area contributed by atoms with Crippen LogP contribution in [-0.4, -0.2) is 30.0 Å². The van der Waals surface area contributed by atoms with E-state index >= 15 is 0 Å². The van der Waals surface area contributed by atoms with E-state index < -0.39 is 0 Å². The van der Waals surface area contributed by atoms with Crippen LogP contribution in [0.1, 0.15) is 50.7 Å². The summed E-state index contributed by atoms with van der Waals surface area (Å²) in [7, 11) is 0. The summed E-state index contributed by atoms with van der Waals surface area (Å²) in [4.78, 5) is 12.4. The van der Waals surface area contributed by atoms with Gasteiger partial charge in [-0.2, -0.15) is 0 Å². The fraction of sp³-hybridized carbons (Fsp3) is 0.360. The monoisotopic (exact) mass is 505 g/mol. The van der Waals surface area contributed by atoms with Crippen LogP contribution in [0, 0.1) is 0 Å². The van der Waals surface area contributed by atoms with Crippen molar-refractivity contribution in [1.82, 2.24) is 5.32 Å². The van der Waals surface area contributed by atoms with Gasteiger partial charge in [-0.05, 0) is 60.7 Å². The van der Waals surface area contributed by atoms with Crippen molar-refractivity contribution in [2.24, 2.45) is 0 Å². The molecule has 0 radical (unpaired) electrons. The van der Waals surface area contributed by atoms with E-state index in [9.17, 15) is 4.79 Å². The van der Waals surface area contributed by atoms with Crippen LogP contribution in [0.2, 0.25) is 5.02 Å². The van der Waals surface area contributed by atoms with E-state index in [-0.39, 0.29) is 5.91 Å². The number of amides is 1. The molecule has 33 heavy (non-hydrogen) atoms. The maximum absolute atomic E-state index is 11.9. The molecular weight excluding hydrogens is 478 g/mol. The Hall–Kier alpha value is -2.22. The molecule has 2 aromatic carbocycles. The lowest BCUT2D eigenvalue weighted by Gasteiger charge is -2.15. The summed E-state index contributed by atoms with van der Waals surface area (Å²) in [6.45, 7) is 7.71. The van der Waals surface area contributed by atoms with Gasteiger partial charge in [0.25, 0.3) is 5.91 Å². The summed E-state index contributed by atoms with van der Waals surface area (Å²) >= 11 is 12.7. The highest BCUT2D eigenvalue weighted by atomic mass is 35.5. The lowest BCUT2D eigenvalue weighted by atomic mass is 9.99.